The van der Waals surface area contributed by atoms with Gasteiger partial charge in [-0.2, -0.15) is 0 Å². The second-order valence-corrected chi connectivity index (χ2v) is 11.1. The highest BCUT2D eigenvalue weighted by Crippen LogP contribution is 2.43. The van der Waals surface area contributed by atoms with Crippen molar-refractivity contribution in [2.75, 3.05) is 26.2 Å². The number of piperidine rings is 3. The van der Waals surface area contributed by atoms with Gasteiger partial charge in [0.1, 0.15) is 5.76 Å². The molecule has 5 rings (SSSR count). The Kier molecular flexibility index (Phi) is 8.23. The Labute approximate surface area is 220 Å². The predicted octanol–water partition coefficient (Wildman–Crippen LogP) is 3.92. The second kappa shape index (κ2) is 11.8. The summed E-state index contributed by atoms with van der Waals surface area (Å²) in [6.07, 6.45) is 12.1. The maximum atomic E-state index is 13.6. The first-order valence-electron chi connectivity index (χ1n) is 14.2. The molecule has 3 aliphatic rings. The average molecular weight is 508 g/mol. The number of carbonyl (C=O) groups is 2. The van der Waals surface area contributed by atoms with Gasteiger partial charge in [-0.05, 0) is 102 Å². The number of rotatable bonds is 9. The van der Waals surface area contributed by atoms with Gasteiger partial charge in [-0.25, -0.2) is 0 Å². The fourth-order valence-corrected chi connectivity index (χ4v) is 7.17. The number of pyridine rings is 1. The third-order valence-electron chi connectivity index (χ3n) is 8.85. The first kappa shape index (κ1) is 25.9. The van der Waals surface area contributed by atoms with Crippen LogP contribution in [0.4, 0.5) is 0 Å². The molecule has 5 heterocycles. The minimum absolute atomic E-state index is 0.0977. The molecule has 4 atom stereocenters. The third-order valence-corrected chi connectivity index (χ3v) is 8.85. The van der Waals surface area contributed by atoms with Crippen molar-refractivity contribution in [1.29, 1.82) is 0 Å². The summed E-state index contributed by atoms with van der Waals surface area (Å²) in [5.41, 5.74) is 2.75. The molecule has 2 amide bonds. The molecule has 8 heteroatoms. The van der Waals surface area contributed by atoms with Crippen molar-refractivity contribution >= 4 is 11.8 Å². The summed E-state index contributed by atoms with van der Waals surface area (Å²) in [5.74, 6) is 2.11. The van der Waals surface area contributed by atoms with Crippen molar-refractivity contribution in [2.45, 2.75) is 83.7 Å². The van der Waals surface area contributed by atoms with E-state index in [0.29, 0.717) is 36.4 Å². The van der Waals surface area contributed by atoms with Crippen LogP contribution < -0.4 is 5.32 Å². The SMILES string of the molecule is Cc1noc(C)c1CCCNC(=O)CCC[C@@H]1[C@H]2CCCN3CCC[C@@H](CN1C(=O)c1cccnc1)[C@@H]23. The van der Waals surface area contributed by atoms with E-state index in [1.807, 2.05) is 26.0 Å². The lowest BCUT2D eigenvalue weighted by Crippen LogP contribution is -2.65. The summed E-state index contributed by atoms with van der Waals surface area (Å²) >= 11 is 0. The number of nitrogens with one attached hydrogen (secondary N) is 1. The van der Waals surface area contributed by atoms with Crippen molar-refractivity contribution in [2.24, 2.45) is 11.8 Å². The van der Waals surface area contributed by atoms with E-state index < -0.39 is 0 Å². The van der Waals surface area contributed by atoms with Crippen LogP contribution in [0.3, 0.4) is 0 Å². The van der Waals surface area contributed by atoms with E-state index >= 15 is 0 Å². The zero-order chi connectivity index (χ0) is 25.8. The molecule has 0 spiro atoms. The number of amides is 2. The molecule has 2 aromatic heterocycles. The van der Waals surface area contributed by atoms with E-state index in [2.05, 4.69) is 25.3 Å². The first-order chi connectivity index (χ1) is 18.0. The van der Waals surface area contributed by atoms with Gasteiger partial charge in [-0.15, -0.1) is 0 Å². The van der Waals surface area contributed by atoms with E-state index in [0.717, 1.165) is 49.2 Å². The Morgan fingerprint density at radius 3 is 2.76 bits per heavy atom. The number of likely N-dealkylation sites (tertiary alicyclic amines) is 1. The van der Waals surface area contributed by atoms with Crippen LogP contribution in [0.25, 0.3) is 0 Å². The predicted molar refractivity (Wildman–Crippen MR) is 141 cm³/mol. The van der Waals surface area contributed by atoms with Crippen molar-refractivity contribution in [1.82, 2.24) is 25.3 Å². The van der Waals surface area contributed by atoms with Crippen LogP contribution in [0.5, 0.6) is 0 Å². The number of aryl methyl sites for hydroxylation is 2. The Morgan fingerprint density at radius 2 is 2.00 bits per heavy atom. The Hall–Kier alpha value is -2.74. The lowest BCUT2D eigenvalue weighted by atomic mass is 9.69. The lowest BCUT2D eigenvalue weighted by Gasteiger charge is -2.57. The summed E-state index contributed by atoms with van der Waals surface area (Å²) in [6, 6.07) is 4.49. The fourth-order valence-electron chi connectivity index (χ4n) is 7.17. The van der Waals surface area contributed by atoms with Crippen LogP contribution in [0, 0.1) is 25.7 Å². The summed E-state index contributed by atoms with van der Waals surface area (Å²) in [7, 11) is 0. The molecule has 2 aromatic rings. The molecule has 3 aliphatic heterocycles. The van der Waals surface area contributed by atoms with Crippen LogP contribution in [0.1, 0.15) is 78.7 Å². The number of aromatic nitrogens is 2. The monoisotopic (exact) mass is 507 g/mol. The van der Waals surface area contributed by atoms with Gasteiger partial charge < -0.3 is 14.7 Å². The number of nitrogens with zero attached hydrogens (tertiary/aromatic N) is 4. The summed E-state index contributed by atoms with van der Waals surface area (Å²) in [6.45, 7) is 7.75. The second-order valence-electron chi connectivity index (χ2n) is 11.1. The van der Waals surface area contributed by atoms with Crippen molar-refractivity contribution < 1.29 is 14.1 Å². The maximum Gasteiger partial charge on any atom is 0.255 e. The molecule has 0 aromatic carbocycles. The third kappa shape index (κ3) is 5.74. The van der Waals surface area contributed by atoms with E-state index in [9.17, 15) is 9.59 Å². The molecule has 0 aliphatic carbocycles. The molecule has 0 saturated carbocycles. The van der Waals surface area contributed by atoms with E-state index in [-0.39, 0.29) is 17.9 Å². The maximum absolute atomic E-state index is 13.6. The van der Waals surface area contributed by atoms with Crippen LogP contribution in [-0.4, -0.2) is 70.0 Å². The number of hydrogen-bond donors (Lipinski definition) is 1. The minimum atomic E-state index is 0.0977. The van der Waals surface area contributed by atoms with Gasteiger partial charge in [0.15, 0.2) is 0 Å². The molecular weight excluding hydrogens is 466 g/mol. The zero-order valence-electron chi connectivity index (χ0n) is 22.3. The average Bonchev–Trinajstić information content (AvgIpc) is 3.24. The normalized spacial score (nSPS) is 25.5. The van der Waals surface area contributed by atoms with Crippen molar-refractivity contribution in [3.63, 3.8) is 0 Å². The van der Waals surface area contributed by atoms with E-state index in [4.69, 9.17) is 4.52 Å². The number of carbonyl (C=O) groups excluding carboxylic acids is 2. The molecule has 3 fully saturated rings. The molecule has 0 radical (unpaired) electrons. The van der Waals surface area contributed by atoms with Gasteiger partial charge in [-0.1, -0.05) is 5.16 Å². The topological polar surface area (TPSA) is 91.6 Å². The van der Waals surface area contributed by atoms with Gasteiger partial charge >= 0.3 is 0 Å². The summed E-state index contributed by atoms with van der Waals surface area (Å²) < 4.78 is 5.23. The molecule has 1 N–H and O–H groups in total. The van der Waals surface area contributed by atoms with Gasteiger partial charge in [0, 0.05) is 49.6 Å². The van der Waals surface area contributed by atoms with Crippen LogP contribution in [-0.2, 0) is 11.2 Å². The first-order valence-corrected chi connectivity index (χ1v) is 14.2. The van der Waals surface area contributed by atoms with Gasteiger partial charge in [0.25, 0.3) is 5.91 Å². The highest BCUT2D eigenvalue weighted by molar-refractivity contribution is 5.94. The highest BCUT2D eigenvalue weighted by atomic mass is 16.5. The van der Waals surface area contributed by atoms with E-state index in [1.165, 1.54) is 38.8 Å². The summed E-state index contributed by atoms with van der Waals surface area (Å²) in [4.78, 5) is 35.3. The molecule has 200 valence electrons. The molecule has 0 bridgehead atoms. The van der Waals surface area contributed by atoms with Crippen LogP contribution in [0.15, 0.2) is 29.0 Å². The van der Waals surface area contributed by atoms with E-state index in [1.54, 1.807) is 12.4 Å². The summed E-state index contributed by atoms with van der Waals surface area (Å²) in [5, 5.41) is 7.09. The van der Waals surface area contributed by atoms with Gasteiger partial charge in [0.05, 0.1) is 11.3 Å². The lowest BCUT2D eigenvalue weighted by molar-refractivity contribution is -0.121. The molecule has 3 saturated heterocycles. The zero-order valence-corrected chi connectivity index (χ0v) is 22.3. The van der Waals surface area contributed by atoms with Crippen molar-refractivity contribution in [3.05, 3.63) is 47.1 Å². The standard InChI is InChI=1S/C29H41N5O3/c1-20-24(21(2)37-32-20)10-5-15-31-27(35)13-3-12-26-25-11-7-17-33-16-6-9-23(28(25)33)19-34(26)29(36)22-8-4-14-30-18-22/h4,8,14,18,23,25-26,28H,3,5-7,9-13,15-17,19H2,1-2H3,(H,31,35)/t23-,25+,26+,28-/m0/s1. The van der Waals surface area contributed by atoms with Crippen molar-refractivity contribution in [3.8, 4) is 0 Å². The smallest absolute Gasteiger partial charge is 0.255 e. The van der Waals surface area contributed by atoms with Gasteiger partial charge in [-0.3, -0.25) is 19.5 Å². The Balaban J connectivity index is 1.18. The molecule has 8 nitrogen and oxygen atoms in total. The Bertz CT molecular complexity index is 1050. The highest BCUT2D eigenvalue weighted by Gasteiger charge is 2.49. The largest absolute Gasteiger partial charge is 0.361 e. The molecular formula is C29H41N5O3. The van der Waals surface area contributed by atoms with Crippen LogP contribution in [0.2, 0.25) is 0 Å². The Morgan fingerprint density at radius 1 is 1.16 bits per heavy atom. The van der Waals surface area contributed by atoms with Crippen LogP contribution >= 0.6 is 0 Å². The minimum Gasteiger partial charge on any atom is -0.361 e. The number of hydrogen-bond acceptors (Lipinski definition) is 6. The molecule has 37 heavy (non-hydrogen) atoms. The molecule has 0 unspecified atom stereocenters. The quantitative estimate of drug-likeness (QED) is 0.518. The fraction of sp³-hybridized carbons (Fsp3) is 0.655. The van der Waals surface area contributed by atoms with Gasteiger partial charge in [0.2, 0.25) is 5.91 Å².